The smallest absolute Gasteiger partial charge is 0.387 e. The molecule has 0 aliphatic heterocycles. The van der Waals surface area contributed by atoms with Gasteiger partial charge in [-0.05, 0) is 37.5 Å². The minimum atomic E-state index is -2.91. The maximum atomic E-state index is 12.3. The summed E-state index contributed by atoms with van der Waals surface area (Å²) in [7, 11) is 1.38. The molecule has 0 saturated carbocycles. The second-order valence-corrected chi connectivity index (χ2v) is 4.79. The van der Waals surface area contributed by atoms with Crippen LogP contribution in [0, 0.1) is 0 Å². The molecule has 1 heterocycles. The molecule has 116 valence electrons. The summed E-state index contributed by atoms with van der Waals surface area (Å²) in [5.41, 5.74) is 1.65. The molecule has 0 amide bonds. The molecule has 1 aliphatic carbocycles. The van der Waals surface area contributed by atoms with Crippen LogP contribution < -0.4 is 9.47 Å². The summed E-state index contributed by atoms with van der Waals surface area (Å²) in [6.45, 7) is -2.91. The highest BCUT2D eigenvalue weighted by Gasteiger charge is 2.17. The maximum Gasteiger partial charge on any atom is 0.387 e. The van der Waals surface area contributed by atoms with Gasteiger partial charge in [-0.15, -0.1) is 0 Å². The van der Waals surface area contributed by atoms with Crippen molar-refractivity contribution in [2.45, 2.75) is 25.9 Å². The largest absolute Gasteiger partial charge is 0.493 e. The van der Waals surface area contributed by atoms with Gasteiger partial charge in [0.1, 0.15) is 0 Å². The van der Waals surface area contributed by atoms with Gasteiger partial charge in [-0.3, -0.25) is 0 Å². The lowest BCUT2D eigenvalue weighted by molar-refractivity contribution is -0.0512. The summed E-state index contributed by atoms with van der Waals surface area (Å²) < 4.78 is 39.3. The first-order chi connectivity index (χ1) is 10.7. The van der Waals surface area contributed by atoms with Gasteiger partial charge in [0.05, 0.1) is 7.11 Å². The van der Waals surface area contributed by atoms with Crippen LogP contribution in [-0.4, -0.2) is 23.9 Å². The number of rotatable bonds is 5. The quantitative estimate of drug-likeness (QED) is 0.838. The fourth-order valence-electron chi connectivity index (χ4n) is 2.34. The van der Waals surface area contributed by atoms with Crippen LogP contribution >= 0.6 is 0 Å². The first-order valence-electron chi connectivity index (χ1n) is 6.83. The Kier molecular flexibility index (Phi) is 4.04. The number of aromatic nitrogens is 2. The number of allylic oxidation sites excluding steroid dienone is 2. The van der Waals surface area contributed by atoms with E-state index in [0.717, 1.165) is 24.8 Å². The van der Waals surface area contributed by atoms with E-state index in [1.165, 1.54) is 19.2 Å². The second kappa shape index (κ2) is 6.13. The van der Waals surface area contributed by atoms with Crippen LogP contribution in [0.4, 0.5) is 8.78 Å². The number of hydrogen-bond acceptors (Lipinski definition) is 5. The molecule has 5 nitrogen and oxygen atoms in total. The molecule has 0 atom stereocenters. The van der Waals surface area contributed by atoms with Gasteiger partial charge in [-0.1, -0.05) is 11.2 Å². The maximum absolute atomic E-state index is 12.3. The van der Waals surface area contributed by atoms with Crippen LogP contribution in [0.1, 0.15) is 25.2 Å². The Bertz CT molecular complexity index is 698. The number of ether oxygens (including phenoxy) is 2. The highest BCUT2D eigenvalue weighted by atomic mass is 19.3. The Morgan fingerprint density at radius 1 is 1.27 bits per heavy atom. The minimum absolute atomic E-state index is 0.0385. The van der Waals surface area contributed by atoms with E-state index in [4.69, 9.17) is 9.26 Å². The minimum Gasteiger partial charge on any atom is -0.493 e. The van der Waals surface area contributed by atoms with Gasteiger partial charge in [-0.2, -0.15) is 13.8 Å². The number of halogens is 2. The monoisotopic (exact) mass is 308 g/mol. The second-order valence-electron chi connectivity index (χ2n) is 4.79. The normalized spacial score (nSPS) is 14.3. The van der Waals surface area contributed by atoms with E-state index in [2.05, 4.69) is 21.0 Å². The van der Waals surface area contributed by atoms with Gasteiger partial charge >= 0.3 is 6.61 Å². The van der Waals surface area contributed by atoms with Gasteiger partial charge in [0.2, 0.25) is 5.82 Å². The van der Waals surface area contributed by atoms with Gasteiger partial charge in [0.15, 0.2) is 11.5 Å². The van der Waals surface area contributed by atoms with Gasteiger partial charge < -0.3 is 14.0 Å². The van der Waals surface area contributed by atoms with E-state index in [1.807, 2.05) is 0 Å². The number of hydrogen-bond donors (Lipinski definition) is 0. The summed E-state index contributed by atoms with van der Waals surface area (Å²) in [5, 5.41) is 3.93. The molecule has 0 radical (unpaired) electrons. The summed E-state index contributed by atoms with van der Waals surface area (Å²) in [5.74, 6) is 1.02. The average Bonchev–Trinajstić information content (AvgIpc) is 3.18. The van der Waals surface area contributed by atoms with Crippen molar-refractivity contribution in [2.75, 3.05) is 7.11 Å². The lowest BCUT2D eigenvalue weighted by atomic mass is 10.2. The topological polar surface area (TPSA) is 57.4 Å². The zero-order chi connectivity index (χ0) is 15.5. The molecule has 22 heavy (non-hydrogen) atoms. The van der Waals surface area contributed by atoms with E-state index >= 15 is 0 Å². The fraction of sp³-hybridized carbons (Fsp3) is 0.333. The Labute approximate surface area is 125 Å². The SMILES string of the molecule is COc1cc(-c2noc(C3=CCCC3)n2)ccc1OC(F)F. The van der Waals surface area contributed by atoms with Gasteiger partial charge in [0, 0.05) is 11.1 Å². The van der Waals surface area contributed by atoms with Gasteiger partial charge in [0.25, 0.3) is 5.89 Å². The van der Waals surface area contributed by atoms with Crippen LogP contribution in [0.3, 0.4) is 0 Å². The lowest BCUT2D eigenvalue weighted by Crippen LogP contribution is -2.03. The Balaban J connectivity index is 1.88. The van der Waals surface area contributed by atoms with Crippen molar-refractivity contribution in [3.8, 4) is 22.9 Å². The van der Waals surface area contributed by atoms with Crippen LogP contribution in [0.5, 0.6) is 11.5 Å². The third kappa shape index (κ3) is 2.93. The molecule has 0 N–H and O–H groups in total. The first kappa shape index (κ1) is 14.5. The van der Waals surface area contributed by atoms with E-state index in [9.17, 15) is 8.78 Å². The summed E-state index contributed by atoms with van der Waals surface area (Å²) in [6, 6.07) is 4.51. The van der Waals surface area contributed by atoms with E-state index in [1.54, 1.807) is 6.07 Å². The predicted molar refractivity (Wildman–Crippen MR) is 74.7 cm³/mol. The molecule has 7 heteroatoms. The molecule has 0 saturated heterocycles. The molecule has 0 unspecified atom stereocenters. The molecule has 2 aromatic rings. The summed E-state index contributed by atoms with van der Waals surface area (Å²) >= 11 is 0. The van der Waals surface area contributed by atoms with Crippen molar-refractivity contribution in [3.63, 3.8) is 0 Å². The molecule has 0 bridgehead atoms. The highest BCUT2D eigenvalue weighted by molar-refractivity contribution is 5.65. The van der Waals surface area contributed by atoms with Crippen molar-refractivity contribution in [1.29, 1.82) is 0 Å². The highest BCUT2D eigenvalue weighted by Crippen LogP contribution is 2.33. The molecule has 0 fully saturated rings. The van der Waals surface area contributed by atoms with E-state index < -0.39 is 6.61 Å². The van der Waals surface area contributed by atoms with E-state index in [-0.39, 0.29) is 11.5 Å². The molecule has 0 spiro atoms. The number of alkyl halides is 2. The van der Waals surface area contributed by atoms with Crippen molar-refractivity contribution >= 4 is 5.57 Å². The molecule has 1 aliphatic rings. The van der Waals surface area contributed by atoms with Gasteiger partial charge in [-0.25, -0.2) is 0 Å². The molecule has 1 aromatic carbocycles. The average molecular weight is 308 g/mol. The van der Waals surface area contributed by atoms with Crippen LogP contribution in [0.2, 0.25) is 0 Å². The molecule has 1 aromatic heterocycles. The van der Waals surface area contributed by atoms with Crippen LogP contribution in [0.15, 0.2) is 28.8 Å². The predicted octanol–water partition coefficient (Wildman–Crippen LogP) is 3.91. The molecule has 3 rings (SSSR count). The van der Waals surface area contributed by atoms with E-state index in [0.29, 0.717) is 17.3 Å². The van der Waals surface area contributed by atoms with Crippen molar-refractivity contribution in [3.05, 3.63) is 30.2 Å². The summed E-state index contributed by atoms with van der Waals surface area (Å²) in [4.78, 5) is 4.34. The van der Waals surface area contributed by atoms with Crippen molar-refractivity contribution < 1.29 is 22.8 Å². The number of methoxy groups -OCH3 is 1. The third-order valence-electron chi connectivity index (χ3n) is 3.38. The standard InChI is InChI=1S/C15H14F2N2O3/c1-20-12-8-10(6-7-11(12)21-15(16)17)13-18-14(22-19-13)9-4-2-3-5-9/h4,6-8,15H,2-3,5H2,1H3. The Hall–Kier alpha value is -2.44. The summed E-state index contributed by atoms with van der Waals surface area (Å²) in [6.07, 6.45) is 5.10. The zero-order valence-electron chi connectivity index (χ0n) is 11.9. The van der Waals surface area contributed by atoms with Crippen LogP contribution in [-0.2, 0) is 0 Å². The first-order valence-corrected chi connectivity index (χ1v) is 6.83. The fourth-order valence-corrected chi connectivity index (χ4v) is 2.34. The number of nitrogens with zero attached hydrogens (tertiary/aromatic N) is 2. The third-order valence-corrected chi connectivity index (χ3v) is 3.38. The van der Waals surface area contributed by atoms with Crippen LogP contribution in [0.25, 0.3) is 17.0 Å². The molecular formula is C15H14F2N2O3. The lowest BCUT2D eigenvalue weighted by Gasteiger charge is -2.10. The van der Waals surface area contributed by atoms with Crippen molar-refractivity contribution in [1.82, 2.24) is 10.1 Å². The Morgan fingerprint density at radius 3 is 2.82 bits per heavy atom. The Morgan fingerprint density at radius 2 is 2.14 bits per heavy atom. The van der Waals surface area contributed by atoms with Crippen molar-refractivity contribution in [2.24, 2.45) is 0 Å². The molecular weight excluding hydrogens is 294 g/mol. The zero-order valence-corrected chi connectivity index (χ0v) is 11.9. The number of benzene rings is 1.